The van der Waals surface area contributed by atoms with Gasteiger partial charge in [-0.15, -0.1) is 0 Å². The Morgan fingerprint density at radius 1 is 1.23 bits per heavy atom. The van der Waals surface area contributed by atoms with Gasteiger partial charge >= 0.3 is 0 Å². The van der Waals surface area contributed by atoms with Gasteiger partial charge in [-0.1, -0.05) is 23.7 Å². The highest BCUT2D eigenvalue weighted by Crippen LogP contribution is 2.51. The first-order valence-electron chi connectivity index (χ1n) is 13.1. The van der Waals surface area contributed by atoms with E-state index in [2.05, 4.69) is 10.4 Å². The molecule has 0 bridgehead atoms. The second-order valence-electron chi connectivity index (χ2n) is 11.7. The molecule has 2 fully saturated rings. The maximum atomic E-state index is 14.0. The van der Waals surface area contributed by atoms with Gasteiger partial charge in [-0.25, -0.2) is 8.42 Å². The lowest BCUT2D eigenvalue weighted by Crippen LogP contribution is -2.55. The van der Waals surface area contributed by atoms with Gasteiger partial charge in [-0.2, -0.15) is 5.10 Å². The van der Waals surface area contributed by atoms with Crippen molar-refractivity contribution in [2.45, 2.75) is 74.9 Å². The lowest BCUT2D eigenvalue weighted by molar-refractivity contribution is -0.141. The molecule has 1 saturated carbocycles. The molecular weight excluding hydrogens is 544 g/mol. The molecule has 10 nitrogen and oxygen atoms in total. The number of aryl methyl sites for hydroxylation is 1. The van der Waals surface area contributed by atoms with E-state index in [1.807, 2.05) is 12.1 Å². The molecule has 1 unspecified atom stereocenters. The monoisotopic (exact) mass is 578 g/mol. The Labute approximate surface area is 233 Å². The molecule has 2 aromatic rings. The van der Waals surface area contributed by atoms with Crippen LogP contribution < -0.4 is 5.32 Å². The highest BCUT2D eigenvalue weighted by atomic mass is 35.5. The molecule has 39 heavy (non-hydrogen) atoms. The SMILES string of the molecule is Cn1nc(C(=O)NCc2ccc(Cl)cc2)c2c1C(=O)N(CC1(S(=O)(=O)C(C)(C)C3COC(C)(C)O3)CC1)CC2. The molecule has 0 spiro atoms. The molecule has 1 N–H and O–H groups in total. The summed E-state index contributed by atoms with van der Waals surface area (Å²) in [6.07, 6.45) is 0.766. The predicted molar refractivity (Wildman–Crippen MR) is 145 cm³/mol. The van der Waals surface area contributed by atoms with Crippen LogP contribution in [0.25, 0.3) is 0 Å². The van der Waals surface area contributed by atoms with Gasteiger partial charge in [-0.05, 0) is 64.7 Å². The van der Waals surface area contributed by atoms with E-state index >= 15 is 0 Å². The summed E-state index contributed by atoms with van der Waals surface area (Å²) in [5.74, 6) is -1.53. The van der Waals surface area contributed by atoms with Gasteiger partial charge in [0.1, 0.15) is 11.8 Å². The standard InChI is InChI=1S/C27H35ClN4O6S/c1-25(2,20-15-37-26(3,4)38-20)39(35,36)27(11-12-27)16-32-13-10-19-21(30-31(5)22(19)24(32)34)23(33)29-14-17-6-8-18(28)9-7-17/h6-9,20H,10-16H2,1-5H3,(H,29,33). The molecule has 3 aliphatic rings. The molecule has 5 rings (SSSR count). The number of carbonyl (C=O) groups excluding carboxylic acids is 2. The summed E-state index contributed by atoms with van der Waals surface area (Å²) in [5, 5.41) is 7.83. The summed E-state index contributed by atoms with van der Waals surface area (Å²) >= 11 is 5.93. The van der Waals surface area contributed by atoms with E-state index in [0.717, 1.165) is 5.56 Å². The summed E-state index contributed by atoms with van der Waals surface area (Å²) < 4.78 is 38.7. The van der Waals surface area contributed by atoms with Crippen LogP contribution in [0.4, 0.5) is 0 Å². The van der Waals surface area contributed by atoms with Gasteiger partial charge in [0.25, 0.3) is 11.8 Å². The lowest BCUT2D eigenvalue weighted by atomic mass is 10.0. The summed E-state index contributed by atoms with van der Waals surface area (Å²) in [4.78, 5) is 28.2. The number of carbonyl (C=O) groups is 2. The molecule has 0 radical (unpaired) electrons. The Morgan fingerprint density at radius 2 is 1.90 bits per heavy atom. The van der Waals surface area contributed by atoms with Crippen molar-refractivity contribution < 1.29 is 27.5 Å². The fraction of sp³-hybridized carbons (Fsp3) is 0.593. The zero-order valence-corrected chi connectivity index (χ0v) is 24.5. The number of aromatic nitrogens is 2. The van der Waals surface area contributed by atoms with Crippen molar-refractivity contribution >= 4 is 33.3 Å². The fourth-order valence-electron chi connectivity index (χ4n) is 5.53. The molecule has 12 heteroatoms. The van der Waals surface area contributed by atoms with E-state index in [1.165, 1.54) is 4.68 Å². The largest absolute Gasteiger partial charge is 0.348 e. The first-order valence-corrected chi connectivity index (χ1v) is 15.0. The van der Waals surface area contributed by atoms with Gasteiger partial charge < -0.3 is 19.7 Å². The van der Waals surface area contributed by atoms with E-state index in [-0.39, 0.29) is 30.7 Å². The summed E-state index contributed by atoms with van der Waals surface area (Å²) in [6, 6.07) is 7.16. The minimum Gasteiger partial charge on any atom is -0.348 e. The molecule has 2 amide bonds. The number of benzene rings is 1. The average molecular weight is 579 g/mol. The van der Waals surface area contributed by atoms with Crippen molar-refractivity contribution in [1.82, 2.24) is 20.0 Å². The molecule has 2 aliphatic heterocycles. The zero-order chi connectivity index (χ0) is 28.4. The maximum absolute atomic E-state index is 14.0. The molecule has 1 aliphatic carbocycles. The number of hydrogen-bond acceptors (Lipinski definition) is 7. The average Bonchev–Trinajstić information content (AvgIpc) is 3.46. The molecule has 3 heterocycles. The highest BCUT2D eigenvalue weighted by Gasteiger charge is 2.64. The first-order chi connectivity index (χ1) is 18.2. The third-order valence-electron chi connectivity index (χ3n) is 8.18. The number of nitrogens with one attached hydrogen (secondary N) is 1. The number of ether oxygens (including phenoxy) is 2. The fourth-order valence-corrected chi connectivity index (χ4v) is 8.20. The number of sulfone groups is 1. The highest BCUT2D eigenvalue weighted by molar-refractivity contribution is 7.94. The van der Waals surface area contributed by atoms with E-state index in [4.69, 9.17) is 21.1 Å². The van der Waals surface area contributed by atoms with Crippen LogP contribution in [-0.2, 0) is 39.3 Å². The van der Waals surface area contributed by atoms with Crippen molar-refractivity contribution in [3.05, 3.63) is 51.8 Å². The third-order valence-corrected chi connectivity index (χ3v) is 11.8. The molecular formula is C27H35ClN4O6S. The van der Waals surface area contributed by atoms with Crippen molar-refractivity contribution in [2.24, 2.45) is 7.05 Å². The second-order valence-corrected chi connectivity index (χ2v) is 15.1. The van der Waals surface area contributed by atoms with E-state index in [9.17, 15) is 18.0 Å². The van der Waals surface area contributed by atoms with Gasteiger partial charge in [0, 0.05) is 37.3 Å². The van der Waals surface area contributed by atoms with Crippen molar-refractivity contribution in [1.29, 1.82) is 0 Å². The molecule has 1 aromatic heterocycles. The van der Waals surface area contributed by atoms with E-state index in [0.29, 0.717) is 48.6 Å². The quantitative estimate of drug-likeness (QED) is 0.511. The summed E-state index contributed by atoms with van der Waals surface area (Å²) in [7, 11) is -2.08. The Balaban J connectivity index is 1.31. The molecule has 1 atom stereocenters. The second kappa shape index (κ2) is 9.57. The van der Waals surface area contributed by atoms with Crippen molar-refractivity contribution in [3.63, 3.8) is 0 Å². The van der Waals surface area contributed by atoms with Gasteiger partial charge in [0.05, 0.1) is 16.1 Å². The minimum atomic E-state index is -3.71. The van der Waals surface area contributed by atoms with Gasteiger partial charge in [0.2, 0.25) is 0 Å². The van der Waals surface area contributed by atoms with E-state index < -0.39 is 31.2 Å². The van der Waals surface area contributed by atoms with Crippen LogP contribution in [0.2, 0.25) is 5.02 Å². The number of rotatable bonds is 8. The van der Waals surface area contributed by atoms with Crippen molar-refractivity contribution in [2.75, 3.05) is 19.7 Å². The maximum Gasteiger partial charge on any atom is 0.272 e. The summed E-state index contributed by atoms with van der Waals surface area (Å²) in [6.45, 7) is 7.80. The third kappa shape index (κ3) is 4.87. The summed E-state index contributed by atoms with van der Waals surface area (Å²) in [5.41, 5.74) is 2.00. The smallest absolute Gasteiger partial charge is 0.272 e. The molecule has 1 aromatic carbocycles. The van der Waals surface area contributed by atoms with Gasteiger partial charge in [0.15, 0.2) is 21.3 Å². The Morgan fingerprint density at radius 3 is 2.49 bits per heavy atom. The Kier molecular flexibility index (Phi) is 6.89. The van der Waals surface area contributed by atoms with Crippen molar-refractivity contribution in [3.8, 4) is 0 Å². The minimum absolute atomic E-state index is 0.0945. The van der Waals surface area contributed by atoms with Crippen LogP contribution >= 0.6 is 11.6 Å². The predicted octanol–water partition coefficient (Wildman–Crippen LogP) is 2.88. The van der Waals surface area contributed by atoms with Gasteiger partial charge in [-0.3, -0.25) is 14.3 Å². The van der Waals surface area contributed by atoms with Crippen LogP contribution in [0.5, 0.6) is 0 Å². The van der Waals surface area contributed by atoms with Crippen LogP contribution in [-0.4, -0.2) is 76.0 Å². The number of hydrogen-bond donors (Lipinski definition) is 1. The topological polar surface area (TPSA) is 120 Å². The first kappa shape index (κ1) is 28.1. The van der Waals surface area contributed by atoms with Crippen LogP contribution in [0, 0.1) is 0 Å². The number of halogens is 1. The van der Waals surface area contributed by atoms with Crippen LogP contribution in [0.3, 0.4) is 0 Å². The Hall–Kier alpha value is -2.47. The number of amides is 2. The number of nitrogens with zero attached hydrogens (tertiary/aromatic N) is 3. The molecule has 212 valence electrons. The molecule has 1 saturated heterocycles. The van der Waals surface area contributed by atoms with Crippen LogP contribution in [0.1, 0.15) is 72.6 Å². The Bertz CT molecular complexity index is 1410. The van der Waals surface area contributed by atoms with E-state index in [1.54, 1.807) is 51.8 Å². The van der Waals surface area contributed by atoms with Crippen LogP contribution in [0.15, 0.2) is 24.3 Å². The zero-order valence-electron chi connectivity index (χ0n) is 22.9. The number of fused-ring (bicyclic) bond motifs is 1. The normalized spacial score (nSPS) is 22.1. The lowest BCUT2D eigenvalue weighted by Gasteiger charge is -2.37.